The van der Waals surface area contributed by atoms with E-state index >= 15 is 0 Å². The smallest absolute Gasteiger partial charge is 0.244 e. The zero-order chi connectivity index (χ0) is 14.7. The first-order valence-electron chi connectivity index (χ1n) is 6.62. The molecule has 0 spiro atoms. The number of morpholine rings is 1. The molecule has 2 rings (SSSR count). The van der Waals surface area contributed by atoms with Crippen LogP contribution in [0, 0.1) is 0 Å². The summed E-state index contributed by atoms with van der Waals surface area (Å²) >= 11 is 6.20. The van der Waals surface area contributed by atoms with Crippen LogP contribution in [0.5, 0.6) is 0 Å². The van der Waals surface area contributed by atoms with E-state index in [0.29, 0.717) is 24.9 Å². The largest absolute Gasteiger partial charge is 0.377 e. The minimum absolute atomic E-state index is 0.0888. The van der Waals surface area contributed by atoms with Gasteiger partial charge in [0.15, 0.2) is 0 Å². The number of amides is 1. The number of ether oxygens (including phenoxy) is 1. The first-order chi connectivity index (χ1) is 9.56. The number of likely N-dealkylation sites (N-methyl/N-ethyl adjacent to an activating group) is 1. The summed E-state index contributed by atoms with van der Waals surface area (Å²) in [6, 6.07) is -0.391. The van der Waals surface area contributed by atoms with Crippen LogP contribution in [0.15, 0.2) is 6.33 Å². The van der Waals surface area contributed by atoms with Crippen molar-refractivity contribution in [1.29, 1.82) is 0 Å². The molecule has 110 valence electrons. The van der Waals surface area contributed by atoms with Gasteiger partial charge in [-0.15, -0.1) is 0 Å². The molecule has 0 aliphatic carbocycles. The molecule has 6 nitrogen and oxygen atoms in total. The number of nitrogens with one attached hydrogen (secondary N) is 1. The Morgan fingerprint density at radius 2 is 2.30 bits per heavy atom. The maximum absolute atomic E-state index is 12.0. The molecule has 1 N–H and O–H groups in total. The second-order valence-electron chi connectivity index (χ2n) is 4.95. The molecule has 1 atom stereocenters. The molecule has 1 unspecified atom stereocenters. The van der Waals surface area contributed by atoms with Crippen molar-refractivity contribution in [2.24, 2.45) is 0 Å². The Kier molecular flexibility index (Phi) is 4.77. The van der Waals surface area contributed by atoms with E-state index in [4.69, 9.17) is 16.3 Å². The van der Waals surface area contributed by atoms with Crippen molar-refractivity contribution in [2.45, 2.75) is 25.8 Å². The number of nitrogens with zero attached hydrogens (tertiary/aromatic N) is 3. The standard InChI is InChI=1S/C13H19ClN4O2/c1-8(2)10-11(14)16-7-17-12(10)18-4-5-20-6-9(18)13(19)15-3/h7-9H,4-6H2,1-3H3,(H,15,19). The molecule has 0 aromatic carbocycles. The highest BCUT2D eigenvalue weighted by Gasteiger charge is 2.32. The van der Waals surface area contributed by atoms with E-state index in [1.54, 1.807) is 7.05 Å². The molecule has 7 heteroatoms. The van der Waals surface area contributed by atoms with Crippen LogP contribution in [-0.2, 0) is 9.53 Å². The maximum Gasteiger partial charge on any atom is 0.244 e. The Balaban J connectivity index is 2.42. The Hall–Kier alpha value is -1.40. The van der Waals surface area contributed by atoms with Gasteiger partial charge in [-0.05, 0) is 5.92 Å². The van der Waals surface area contributed by atoms with Crippen LogP contribution < -0.4 is 10.2 Å². The van der Waals surface area contributed by atoms with E-state index in [0.717, 1.165) is 11.4 Å². The van der Waals surface area contributed by atoms with Crippen LogP contribution in [-0.4, -0.2) is 48.7 Å². The summed E-state index contributed by atoms with van der Waals surface area (Å²) in [5.74, 6) is 0.804. The third-order valence-electron chi connectivity index (χ3n) is 3.34. The third-order valence-corrected chi connectivity index (χ3v) is 3.64. The van der Waals surface area contributed by atoms with Crippen LogP contribution in [0.3, 0.4) is 0 Å². The van der Waals surface area contributed by atoms with Crippen molar-refractivity contribution in [1.82, 2.24) is 15.3 Å². The molecule has 0 radical (unpaired) electrons. The second-order valence-corrected chi connectivity index (χ2v) is 5.31. The van der Waals surface area contributed by atoms with Gasteiger partial charge in [-0.25, -0.2) is 9.97 Å². The van der Waals surface area contributed by atoms with Gasteiger partial charge >= 0.3 is 0 Å². The number of carbonyl (C=O) groups excluding carboxylic acids is 1. The highest BCUT2D eigenvalue weighted by Crippen LogP contribution is 2.32. The molecule has 1 aliphatic rings. The molecule has 1 aromatic rings. The van der Waals surface area contributed by atoms with Crippen LogP contribution in [0.2, 0.25) is 5.15 Å². The highest BCUT2D eigenvalue weighted by atomic mass is 35.5. The molecule has 1 fully saturated rings. The van der Waals surface area contributed by atoms with Crippen LogP contribution in [0.25, 0.3) is 0 Å². The van der Waals surface area contributed by atoms with Gasteiger partial charge in [0.1, 0.15) is 23.3 Å². The average molecular weight is 299 g/mol. The Bertz CT molecular complexity index is 495. The lowest BCUT2D eigenvalue weighted by molar-refractivity contribution is -0.124. The Morgan fingerprint density at radius 3 is 2.95 bits per heavy atom. The molecule has 1 aliphatic heterocycles. The van der Waals surface area contributed by atoms with E-state index in [-0.39, 0.29) is 11.8 Å². The lowest BCUT2D eigenvalue weighted by Crippen LogP contribution is -2.54. The minimum Gasteiger partial charge on any atom is -0.377 e. The maximum atomic E-state index is 12.0. The van der Waals surface area contributed by atoms with Gasteiger partial charge in [0, 0.05) is 19.2 Å². The van der Waals surface area contributed by atoms with E-state index in [1.807, 2.05) is 18.7 Å². The zero-order valence-electron chi connectivity index (χ0n) is 11.9. The molecule has 2 heterocycles. The highest BCUT2D eigenvalue weighted by molar-refractivity contribution is 6.30. The predicted molar refractivity (Wildman–Crippen MR) is 77.2 cm³/mol. The lowest BCUT2D eigenvalue weighted by Gasteiger charge is -2.36. The monoisotopic (exact) mass is 298 g/mol. The summed E-state index contributed by atoms with van der Waals surface area (Å²) in [5.41, 5.74) is 0.866. The minimum atomic E-state index is -0.391. The summed E-state index contributed by atoms with van der Waals surface area (Å²) in [6.45, 7) is 5.57. The first kappa shape index (κ1) is 15.0. The molecule has 0 saturated carbocycles. The normalized spacial score (nSPS) is 19.2. The Morgan fingerprint density at radius 1 is 1.55 bits per heavy atom. The third kappa shape index (κ3) is 2.86. The lowest BCUT2D eigenvalue weighted by atomic mass is 10.0. The summed E-state index contributed by atoms with van der Waals surface area (Å²) in [5, 5.41) is 3.10. The van der Waals surface area contributed by atoms with Gasteiger partial charge in [0.25, 0.3) is 0 Å². The van der Waals surface area contributed by atoms with Crippen molar-refractivity contribution >= 4 is 23.3 Å². The molecular weight excluding hydrogens is 280 g/mol. The van der Waals surface area contributed by atoms with Crippen LogP contribution in [0.1, 0.15) is 25.3 Å². The van der Waals surface area contributed by atoms with Crippen LogP contribution >= 0.6 is 11.6 Å². The number of hydrogen-bond donors (Lipinski definition) is 1. The van der Waals surface area contributed by atoms with Crippen molar-refractivity contribution in [3.05, 3.63) is 17.0 Å². The average Bonchev–Trinajstić information content (AvgIpc) is 2.45. The van der Waals surface area contributed by atoms with E-state index in [9.17, 15) is 4.79 Å². The summed E-state index contributed by atoms with van der Waals surface area (Å²) in [6.07, 6.45) is 1.43. The molecule has 1 saturated heterocycles. The van der Waals surface area contributed by atoms with Crippen molar-refractivity contribution in [2.75, 3.05) is 31.7 Å². The molecule has 0 bridgehead atoms. The van der Waals surface area contributed by atoms with Crippen molar-refractivity contribution in [3.63, 3.8) is 0 Å². The zero-order valence-corrected chi connectivity index (χ0v) is 12.6. The number of halogens is 1. The summed E-state index contributed by atoms with van der Waals surface area (Å²) in [7, 11) is 1.62. The second kappa shape index (κ2) is 6.37. The number of carbonyl (C=O) groups is 1. The Labute approximate surface area is 123 Å². The van der Waals surface area contributed by atoms with E-state index in [1.165, 1.54) is 6.33 Å². The summed E-state index contributed by atoms with van der Waals surface area (Å²) in [4.78, 5) is 22.3. The molecule has 1 aromatic heterocycles. The number of anilines is 1. The number of aromatic nitrogens is 2. The van der Waals surface area contributed by atoms with Gasteiger partial charge in [0.05, 0.1) is 13.2 Å². The van der Waals surface area contributed by atoms with E-state index in [2.05, 4.69) is 15.3 Å². The van der Waals surface area contributed by atoms with Gasteiger partial charge < -0.3 is 15.0 Å². The van der Waals surface area contributed by atoms with Crippen molar-refractivity contribution < 1.29 is 9.53 Å². The molecular formula is C13H19ClN4O2. The topological polar surface area (TPSA) is 67.3 Å². The van der Waals surface area contributed by atoms with Gasteiger partial charge in [0.2, 0.25) is 5.91 Å². The summed E-state index contributed by atoms with van der Waals surface area (Å²) < 4.78 is 5.41. The van der Waals surface area contributed by atoms with Gasteiger partial charge in [-0.2, -0.15) is 0 Å². The number of hydrogen-bond acceptors (Lipinski definition) is 5. The molecule has 1 amide bonds. The fourth-order valence-corrected chi connectivity index (χ4v) is 2.68. The van der Waals surface area contributed by atoms with Crippen molar-refractivity contribution in [3.8, 4) is 0 Å². The number of rotatable bonds is 3. The van der Waals surface area contributed by atoms with E-state index < -0.39 is 6.04 Å². The van der Waals surface area contributed by atoms with Gasteiger partial charge in [-0.1, -0.05) is 25.4 Å². The van der Waals surface area contributed by atoms with Gasteiger partial charge in [-0.3, -0.25) is 4.79 Å². The predicted octanol–water partition coefficient (Wildman–Crippen LogP) is 1.20. The fourth-order valence-electron chi connectivity index (χ4n) is 2.33. The van der Waals surface area contributed by atoms with Crippen LogP contribution in [0.4, 0.5) is 5.82 Å². The molecule has 20 heavy (non-hydrogen) atoms. The fraction of sp³-hybridized carbons (Fsp3) is 0.615. The quantitative estimate of drug-likeness (QED) is 0.850. The SMILES string of the molecule is CNC(=O)C1COCCN1c1ncnc(Cl)c1C(C)C. The first-order valence-corrected chi connectivity index (χ1v) is 7.00.